The summed E-state index contributed by atoms with van der Waals surface area (Å²) in [7, 11) is 0. The molecular weight excluding hydrogens is 416 g/mol. The first-order valence-corrected chi connectivity index (χ1v) is 9.64. The number of nitrogens with one attached hydrogen (secondary N) is 2. The zero-order chi connectivity index (χ0) is 22.0. The minimum absolute atomic E-state index is 0.0913. The number of anilines is 1. The van der Waals surface area contributed by atoms with Gasteiger partial charge in [0.1, 0.15) is 5.52 Å². The maximum Gasteiger partial charge on any atom is 0.269 e. The molecule has 0 aliphatic carbocycles. The quantitative estimate of drug-likeness (QED) is 0.270. The first kappa shape index (κ1) is 20.2. The highest BCUT2D eigenvalue weighted by Crippen LogP contribution is 2.26. The number of amides is 1. The van der Waals surface area contributed by atoms with E-state index in [2.05, 4.69) is 15.6 Å². The molecule has 0 saturated heterocycles. The van der Waals surface area contributed by atoms with E-state index in [0.29, 0.717) is 11.6 Å². The highest BCUT2D eigenvalue weighted by molar-refractivity contribution is 7.80. The Balaban J connectivity index is 1.40. The molecular formula is C22H16N4O4S. The summed E-state index contributed by atoms with van der Waals surface area (Å²) < 4.78 is 5.82. The summed E-state index contributed by atoms with van der Waals surface area (Å²) in [6.45, 7) is 1.99. The smallest absolute Gasteiger partial charge is 0.269 e. The fourth-order valence-electron chi connectivity index (χ4n) is 2.92. The molecule has 31 heavy (non-hydrogen) atoms. The number of aromatic nitrogens is 1. The van der Waals surface area contributed by atoms with Crippen LogP contribution in [0.1, 0.15) is 15.9 Å². The average molecular weight is 432 g/mol. The van der Waals surface area contributed by atoms with Crippen molar-refractivity contribution in [1.29, 1.82) is 0 Å². The van der Waals surface area contributed by atoms with E-state index in [-0.39, 0.29) is 16.4 Å². The molecule has 0 saturated carbocycles. The van der Waals surface area contributed by atoms with Crippen molar-refractivity contribution < 1.29 is 14.1 Å². The molecule has 0 aliphatic heterocycles. The van der Waals surface area contributed by atoms with Crippen LogP contribution in [-0.2, 0) is 0 Å². The van der Waals surface area contributed by atoms with Crippen LogP contribution in [0.5, 0.6) is 0 Å². The fraction of sp³-hybridized carbons (Fsp3) is 0.0455. The van der Waals surface area contributed by atoms with Gasteiger partial charge in [0.2, 0.25) is 5.89 Å². The Labute approximate surface area is 182 Å². The molecule has 4 rings (SSSR count). The molecule has 1 aromatic heterocycles. The van der Waals surface area contributed by atoms with Crippen LogP contribution in [0, 0.1) is 17.0 Å². The fourth-order valence-corrected chi connectivity index (χ4v) is 3.13. The molecule has 0 fully saturated rings. The highest BCUT2D eigenvalue weighted by Gasteiger charge is 2.12. The predicted octanol–water partition coefficient (Wildman–Crippen LogP) is 4.84. The van der Waals surface area contributed by atoms with Crippen molar-refractivity contribution in [1.82, 2.24) is 10.3 Å². The van der Waals surface area contributed by atoms with Gasteiger partial charge in [-0.2, -0.15) is 0 Å². The Kier molecular flexibility index (Phi) is 5.42. The molecule has 1 heterocycles. The van der Waals surface area contributed by atoms with E-state index in [0.717, 1.165) is 22.2 Å². The van der Waals surface area contributed by atoms with Gasteiger partial charge in [-0.15, -0.1) is 0 Å². The van der Waals surface area contributed by atoms with Gasteiger partial charge in [-0.05, 0) is 73.2 Å². The van der Waals surface area contributed by atoms with Gasteiger partial charge >= 0.3 is 0 Å². The van der Waals surface area contributed by atoms with Crippen molar-refractivity contribution in [3.63, 3.8) is 0 Å². The Hall–Kier alpha value is -4.11. The number of hydrogen-bond acceptors (Lipinski definition) is 6. The lowest BCUT2D eigenvalue weighted by Crippen LogP contribution is -2.34. The summed E-state index contributed by atoms with van der Waals surface area (Å²) >= 11 is 5.18. The molecule has 0 spiro atoms. The number of thiocarbonyl (C=S) groups is 1. The number of nitro groups is 1. The molecule has 2 N–H and O–H groups in total. The minimum Gasteiger partial charge on any atom is -0.436 e. The maximum absolute atomic E-state index is 12.2. The van der Waals surface area contributed by atoms with E-state index in [1.807, 2.05) is 37.3 Å². The van der Waals surface area contributed by atoms with Crippen LogP contribution < -0.4 is 10.6 Å². The van der Waals surface area contributed by atoms with Crippen LogP contribution in [0.25, 0.3) is 22.6 Å². The second kappa shape index (κ2) is 8.33. The third kappa shape index (κ3) is 4.57. The summed E-state index contributed by atoms with van der Waals surface area (Å²) in [5, 5.41) is 16.3. The Morgan fingerprint density at radius 3 is 2.45 bits per heavy atom. The lowest BCUT2D eigenvalue weighted by molar-refractivity contribution is -0.384. The third-order valence-corrected chi connectivity index (χ3v) is 4.71. The van der Waals surface area contributed by atoms with Crippen molar-refractivity contribution >= 4 is 45.7 Å². The van der Waals surface area contributed by atoms with Gasteiger partial charge in [0, 0.05) is 28.9 Å². The number of rotatable bonds is 4. The molecule has 0 aliphatic rings. The number of oxazole rings is 1. The molecule has 9 heteroatoms. The summed E-state index contributed by atoms with van der Waals surface area (Å²) in [6.07, 6.45) is 0. The Morgan fingerprint density at radius 1 is 1.06 bits per heavy atom. The predicted molar refractivity (Wildman–Crippen MR) is 121 cm³/mol. The Bertz CT molecular complexity index is 1300. The van der Waals surface area contributed by atoms with Crippen LogP contribution in [-0.4, -0.2) is 20.9 Å². The standard InChI is InChI=1S/C22H16N4O4S/c1-13-2-11-18-19(12-13)30-21(24-18)15-3-7-16(8-4-15)23-22(31)25-20(27)14-5-9-17(10-6-14)26(28)29/h2-12H,1H3,(H2,23,25,27,31). The maximum atomic E-state index is 12.2. The van der Waals surface area contributed by atoms with Crippen LogP contribution in [0.4, 0.5) is 11.4 Å². The van der Waals surface area contributed by atoms with Gasteiger partial charge in [-0.1, -0.05) is 6.07 Å². The molecule has 3 aromatic carbocycles. The first-order valence-electron chi connectivity index (χ1n) is 9.23. The summed E-state index contributed by atoms with van der Waals surface area (Å²) in [5.74, 6) is 0.0481. The molecule has 1 amide bonds. The van der Waals surface area contributed by atoms with E-state index >= 15 is 0 Å². The van der Waals surface area contributed by atoms with Crippen molar-refractivity contribution in [2.24, 2.45) is 0 Å². The zero-order valence-corrected chi connectivity index (χ0v) is 17.1. The van der Waals surface area contributed by atoms with Crippen molar-refractivity contribution in [2.75, 3.05) is 5.32 Å². The zero-order valence-electron chi connectivity index (χ0n) is 16.3. The number of nitrogens with zero attached hydrogens (tertiary/aromatic N) is 2. The normalized spacial score (nSPS) is 10.6. The topological polar surface area (TPSA) is 110 Å². The number of benzene rings is 3. The number of hydrogen-bond donors (Lipinski definition) is 2. The molecule has 4 aromatic rings. The van der Waals surface area contributed by atoms with Gasteiger partial charge in [0.25, 0.3) is 11.6 Å². The van der Waals surface area contributed by atoms with Gasteiger partial charge in [-0.3, -0.25) is 20.2 Å². The average Bonchev–Trinajstić information content (AvgIpc) is 3.17. The number of aryl methyl sites for hydroxylation is 1. The second-order valence-electron chi connectivity index (χ2n) is 6.78. The van der Waals surface area contributed by atoms with E-state index < -0.39 is 10.8 Å². The summed E-state index contributed by atoms with van der Waals surface area (Å²) in [6, 6.07) is 18.3. The number of nitro benzene ring substituents is 1. The minimum atomic E-state index is -0.528. The van der Waals surface area contributed by atoms with E-state index in [4.69, 9.17) is 16.6 Å². The van der Waals surface area contributed by atoms with Crippen LogP contribution in [0.3, 0.4) is 0 Å². The van der Waals surface area contributed by atoms with E-state index in [9.17, 15) is 14.9 Å². The number of carbonyl (C=O) groups is 1. The first-order chi connectivity index (χ1) is 14.9. The van der Waals surface area contributed by atoms with Gasteiger partial charge in [0.05, 0.1) is 4.92 Å². The van der Waals surface area contributed by atoms with E-state index in [1.165, 1.54) is 24.3 Å². The summed E-state index contributed by atoms with van der Waals surface area (Å²) in [5.41, 5.74) is 4.26. The molecule has 0 atom stereocenters. The summed E-state index contributed by atoms with van der Waals surface area (Å²) in [4.78, 5) is 26.9. The molecule has 0 bridgehead atoms. The third-order valence-electron chi connectivity index (χ3n) is 4.50. The van der Waals surface area contributed by atoms with Gasteiger partial charge in [-0.25, -0.2) is 4.98 Å². The van der Waals surface area contributed by atoms with Gasteiger partial charge in [0.15, 0.2) is 10.7 Å². The lowest BCUT2D eigenvalue weighted by atomic mass is 10.2. The largest absolute Gasteiger partial charge is 0.436 e. The monoisotopic (exact) mass is 432 g/mol. The number of non-ortho nitro benzene ring substituents is 1. The SMILES string of the molecule is Cc1ccc2nc(-c3ccc(NC(=S)NC(=O)c4ccc([N+](=O)[O-])cc4)cc3)oc2c1. The van der Waals surface area contributed by atoms with Gasteiger partial charge < -0.3 is 9.73 Å². The molecule has 8 nitrogen and oxygen atoms in total. The highest BCUT2D eigenvalue weighted by atomic mass is 32.1. The molecule has 0 unspecified atom stereocenters. The van der Waals surface area contributed by atoms with Crippen LogP contribution in [0.2, 0.25) is 0 Å². The van der Waals surface area contributed by atoms with Crippen LogP contribution in [0.15, 0.2) is 71.1 Å². The lowest BCUT2D eigenvalue weighted by Gasteiger charge is -2.10. The molecule has 154 valence electrons. The van der Waals surface area contributed by atoms with Crippen LogP contribution >= 0.6 is 12.2 Å². The Morgan fingerprint density at radius 2 is 1.77 bits per heavy atom. The molecule has 0 radical (unpaired) electrons. The van der Waals surface area contributed by atoms with E-state index in [1.54, 1.807) is 12.1 Å². The van der Waals surface area contributed by atoms with Crippen molar-refractivity contribution in [2.45, 2.75) is 6.92 Å². The number of fused-ring (bicyclic) bond motifs is 1. The second-order valence-corrected chi connectivity index (χ2v) is 7.19. The number of carbonyl (C=O) groups excluding carboxylic acids is 1. The van der Waals surface area contributed by atoms with Crippen molar-refractivity contribution in [3.05, 3.63) is 88.0 Å². The van der Waals surface area contributed by atoms with Crippen molar-refractivity contribution in [3.8, 4) is 11.5 Å².